The molecule has 0 aromatic heterocycles. The number of benzene rings is 1. The smallest absolute Gasteiger partial charge is 0.215 e. The van der Waals surface area contributed by atoms with Gasteiger partial charge in [-0.1, -0.05) is 35.8 Å². The second-order valence-electron chi connectivity index (χ2n) is 6.30. The molecule has 0 radical (unpaired) electrons. The minimum Gasteiger partial charge on any atom is -0.379 e. The van der Waals surface area contributed by atoms with Crippen LogP contribution in [0.15, 0.2) is 22.7 Å². The van der Waals surface area contributed by atoms with Crippen molar-refractivity contribution in [3.8, 4) is 0 Å². The fraction of sp³-hybridized carbons (Fsp3) is 0.625. The van der Waals surface area contributed by atoms with Crippen molar-refractivity contribution in [1.29, 1.82) is 0 Å². The van der Waals surface area contributed by atoms with E-state index in [9.17, 15) is 12.8 Å². The van der Waals surface area contributed by atoms with Gasteiger partial charge in [-0.05, 0) is 18.1 Å². The van der Waals surface area contributed by atoms with E-state index in [0.29, 0.717) is 30.1 Å². The van der Waals surface area contributed by atoms with Crippen LogP contribution >= 0.6 is 15.9 Å². The van der Waals surface area contributed by atoms with E-state index in [0.717, 1.165) is 13.1 Å². The van der Waals surface area contributed by atoms with Crippen molar-refractivity contribution in [3.05, 3.63) is 34.1 Å². The summed E-state index contributed by atoms with van der Waals surface area (Å²) in [5.74, 6) is -0.585. The van der Waals surface area contributed by atoms with Crippen molar-refractivity contribution in [2.75, 3.05) is 32.8 Å². The van der Waals surface area contributed by atoms with Crippen LogP contribution in [0.2, 0.25) is 0 Å². The zero-order valence-corrected chi connectivity index (χ0v) is 16.4. The first-order valence-electron chi connectivity index (χ1n) is 8.01. The fourth-order valence-corrected chi connectivity index (χ4v) is 4.31. The minimum atomic E-state index is -3.60. The summed E-state index contributed by atoms with van der Waals surface area (Å²) in [7, 11) is -3.60. The lowest BCUT2D eigenvalue weighted by Crippen LogP contribution is -2.51. The Morgan fingerprint density at radius 2 is 2.00 bits per heavy atom. The first-order valence-corrected chi connectivity index (χ1v) is 10.5. The van der Waals surface area contributed by atoms with E-state index in [1.54, 1.807) is 6.07 Å². The van der Waals surface area contributed by atoms with E-state index < -0.39 is 15.8 Å². The summed E-state index contributed by atoms with van der Waals surface area (Å²) in [5, 5.41) is 0. The highest BCUT2D eigenvalue weighted by Crippen LogP contribution is 2.18. The molecular formula is C16H24BrFN2O3S. The van der Waals surface area contributed by atoms with Gasteiger partial charge in [-0.2, -0.15) is 0 Å². The number of hydrogen-bond donors (Lipinski definition) is 1. The quantitative estimate of drug-likeness (QED) is 0.732. The zero-order chi connectivity index (χ0) is 17.7. The van der Waals surface area contributed by atoms with Crippen LogP contribution in [0.4, 0.5) is 4.39 Å². The first-order chi connectivity index (χ1) is 11.3. The van der Waals surface area contributed by atoms with Gasteiger partial charge in [-0.15, -0.1) is 0 Å². The molecule has 1 fully saturated rings. The molecule has 1 aromatic carbocycles. The normalized spacial score (nSPS) is 18.0. The molecule has 0 spiro atoms. The van der Waals surface area contributed by atoms with Gasteiger partial charge in [-0.3, -0.25) is 4.90 Å². The molecule has 2 rings (SSSR count). The number of morpholine rings is 1. The SMILES string of the molecule is CC(C)C(CNS(=O)(=O)Cc1ccc(Br)cc1F)N1CCOCC1. The number of nitrogens with one attached hydrogen (secondary N) is 1. The second-order valence-corrected chi connectivity index (χ2v) is 9.03. The molecular weight excluding hydrogens is 399 g/mol. The van der Waals surface area contributed by atoms with Crippen LogP contribution in [0.3, 0.4) is 0 Å². The van der Waals surface area contributed by atoms with Gasteiger partial charge in [-0.25, -0.2) is 17.5 Å². The van der Waals surface area contributed by atoms with Crippen LogP contribution in [-0.4, -0.2) is 52.2 Å². The molecule has 1 aliphatic heterocycles. The van der Waals surface area contributed by atoms with Crippen molar-refractivity contribution in [2.24, 2.45) is 5.92 Å². The number of rotatable bonds is 7. The Balaban J connectivity index is 1.99. The molecule has 5 nitrogen and oxygen atoms in total. The number of ether oxygens (including phenoxy) is 1. The molecule has 1 unspecified atom stereocenters. The second kappa shape index (κ2) is 8.71. The maximum absolute atomic E-state index is 13.9. The molecule has 1 N–H and O–H groups in total. The van der Waals surface area contributed by atoms with E-state index in [-0.39, 0.29) is 17.4 Å². The molecule has 1 heterocycles. The maximum atomic E-state index is 13.9. The summed E-state index contributed by atoms with van der Waals surface area (Å²) in [6, 6.07) is 4.49. The molecule has 8 heteroatoms. The average molecular weight is 423 g/mol. The molecule has 136 valence electrons. The molecule has 24 heavy (non-hydrogen) atoms. The molecule has 1 atom stereocenters. The van der Waals surface area contributed by atoms with E-state index in [4.69, 9.17) is 4.74 Å². The predicted molar refractivity (Wildman–Crippen MR) is 95.7 cm³/mol. The lowest BCUT2D eigenvalue weighted by molar-refractivity contribution is 0.00776. The largest absolute Gasteiger partial charge is 0.379 e. The first kappa shape index (κ1) is 19.8. The Morgan fingerprint density at radius 3 is 2.58 bits per heavy atom. The highest BCUT2D eigenvalue weighted by atomic mass is 79.9. The van der Waals surface area contributed by atoms with Crippen LogP contribution in [-0.2, 0) is 20.5 Å². The van der Waals surface area contributed by atoms with Gasteiger partial charge in [0.1, 0.15) is 5.82 Å². The van der Waals surface area contributed by atoms with Crippen LogP contribution in [0.5, 0.6) is 0 Å². The van der Waals surface area contributed by atoms with E-state index >= 15 is 0 Å². The topological polar surface area (TPSA) is 58.6 Å². The monoisotopic (exact) mass is 422 g/mol. The number of sulfonamides is 1. The molecule has 1 saturated heterocycles. The van der Waals surface area contributed by atoms with Crippen molar-refractivity contribution >= 4 is 26.0 Å². The standard InChI is InChI=1S/C16H24BrFN2O3S/c1-12(2)16(20-5-7-23-8-6-20)10-19-24(21,22)11-13-3-4-14(17)9-15(13)18/h3-4,9,12,16,19H,5-8,10-11H2,1-2H3. The number of halogens is 2. The molecule has 0 bridgehead atoms. The summed E-state index contributed by atoms with van der Waals surface area (Å²) in [6.07, 6.45) is 0. The third kappa shape index (κ3) is 5.77. The van der Waals surface area contributed by atoms with Crippen molar-refractivity contribution in [3.63, 3.8) is 0 Å². The molecule has 1 aromatic rings. The van der Waals surface area contributed by atoms with Gasteiger partial charge in [0.05, 0.1) is 19.0 Å². The van der Waals surface area contributed by atoms with Crippen LogP contribution in [0, 0.1) is 11.7 Å². The highest BCUT2D eigenvalue weighted by Gasteiger charge is 2.25. The maximum Gasteiger partial charge on any atom is 0.215 e. The van der Waals surface area contributed by atoms with E-state index in [1.165, 1.54) is 12.1 Å². The van der Waals surface area contributed by atoms with Crippen molar-refractivity contribution in [2.45, 2.75) is 25.6 Å². The van der Waals surface area contributed by atoms with Gasteiger partial charge in [0.2, 0.25) is 10.0 Å². The Hall–Kier alpha value is -0.540. The molecule has 1 aliphatic rings. The lowest BCUT2D eigenvalue weighted by atomic mass is 10.0. The zero-order valence-electron chi connectivity index (χ0n) is 14.0. The van der Waals surface area contributed by atoms with Crippen LogP contribution in [0.25, 0.3) is 0 Å². The summed E-state index contributed by atoms with van der Waals surface area (Å²) in [4.78, 5) is 2.25. The van der Waals surface area contributed by atoms with Crippen LogP contribution in [0.1, 0.15) is 19.4 Å². The van der Waals surface area contributed by atoms with E-state index in [2.05, 4.69) is 39.4 Å². The lowest BCUT2D eigenvalue weighted by Gasteiger charge is -2.36. The Morgan fingerprint density at radius 1 is 1.33 bits per heavy atom. The Bertz CT molecular complexity index is 649. The Kier molecular flexibility index (Phi) is 7.18. The average Bonchev–Trinajstić information content (AvgIpc) is 2.51. The summed E-state index contributed by atoms with van der Waals surface area (Å²) in [5.41, 5.74) is 0.165. The van der Waals surface area contributed by atoms with Gasteiger partial charge in [0, 0.05) is 35.7 Å². The van der Waals surface area contributed by atoms with Gasteiger partial charge in [0.25, 0.3) is 0 Å². The fourth-order valence-electron chi connectivity index (χ4n) is 2.80. The van der Waals surface area contributed by atoms with Crippen LogP contribution < -0.4 is 4.72 Å². The molecule has 0 aliphatic carbocycles. The molecule has 0 amide bonds. The van der Waals surface area contributed by atoms with Gasteiger partial charge < -0.3 is 4.74 Å². The summed E-state index contributed by atoms with van der Waals surface area (Å²) >= 11 is 3.16. The minimum absolute atomic E-state index is 0.0958. The summed E-state index contributed by atoms with van der Waals surface area (Å²) in [6.45, 7) is 7.39. The number of hydrogen-bond acceptors (Lipinski definition) is 4. The highest BCUT2D eigenvalue weighted by molar-refractivity contribution is 9.10. The summed E-state index contributed by atoms with van der Waals surface area (Å²) < 4.78 is 47.1. The van der Waals surface area contributed by atoms with Gasteiger partial charge in [0.15, 0.2) is 0 Å². The van der Waals surface area contributed by atoms with Gasteiger partial charge >= 0.3 is 0 Å². The third-order valence-corrected chi connectivity index (χ3v) is 5.95. The predicted octanol–water partition coefficient (Wildman–Crippen LogP) is 2.36. The Labute approximate surface area is 151 Å². The third-order valence-electron chi connectivity index (χ3n) is 4.16. The molecule has 0 saturated carbocycles. The van der Waals surface area contributed by atoms with Crippen molar-refractivity contribution in [1.82, 2.24) is 9.62 Å². The number of nitrogens with zero attached hydrogens (tertiary/aromatic N) is 1. The van der Waals surface area contributed by atoms with Crippen molar-refractivity contribution < 1.29 is 17.5 Å². The van der Waals surface area contributed by atoms with E-state index in [1.807, 2.05) is 0 Å².